The van der Waals surface area contributed by atoms with Gasteiger partial charge in [0.25, 0.3) is 0 Å². The van der Waals surface area contributed by atoms with Gasteiger partial charge in [0.1, 0.15) is 5.75 Å². The van der Waals surface area contributed by atoms with Gasteiger partial charge in [0, 0.05) is 12.2 Å². The summed E-state index contributed by atoms with van der Waals surface area (Å²) in [5.41, 5.74) is 1.63. The van der Waals surface area contributed by atoms with E-state index in [-0.39, 0.29) is 30.6 Å². The molecule has 1 saturated carbocycles. The van der Waals surface area contributed by atoms with Crippen LogP contribution in [0.25, 0.3) is 0 Å². The van der Waals surface area contributed by atoms with Gasteiger partial charge in [-0.05, 0) is 48.6 Å². The third-order valence-electron chi connectivity index (χ3n) is 4.77. The number of amides is 3. The summed E-state index contributed by atoms with van der Waals surface area (Å²) >= 11 is 0. The number of nitrogens with zero attached hydrogens (tertiary/aromatic N) is 1. The molecule has 8 heteroatoms. The minimum absolute atomic E-state index is 0.0263. The first-order valence-electron chi connectivity index (χ1n) is 9.75. The smallest absolute Gasteiger partial charge is 0.319 e. The highest BCUT2D eigenvalue weighted by molar-refractivity contribution is 5.99. The SMILES string of the molecule is COC(=O)Cc1cccc(NC(=O)NCC(=O)N(CC2CC2)c2ccccc2O)c1. The van der Waals surface area contributed by atoms with Crippen molar-refractivity contribution in [2.45, 2.75) is 19.3 Å². The van der Waals surface area contributed by atoms with Crippen LogP contribution in [0.3, 0.4) is 0 Å². The number of carbonyl (C=O) groups is 3. The number of hydrogen-bond donors (Lipinski definition) is 3. The van der Waals surface area contributed by atoms with Crippen LogP contribution < -0.4 is 15.5 Å². The number of hydrogen-bond acceptors (Lipinski definition) is 5. The van der Waals surface area contributed by atoms with E-state index in [1.54, 1.807) is 42.5 Å². The second-order valence-electron chi connectivity index (χ2n) is 7.20. The van der Waals surface area contributed by atoms with Gasteiger partial charge in [-0.3, -0.25) is 9.59 Å². The van der Waals surface area contributed by atoms with E-state index < -0.39 is 6.03 Å². The molecule has 0 spiro atoms. The average molecular weight is 411 g/mol. The number of para-hydroxylation sites is 2. The van der Waals surface area contributed by atoms with Crippen LogP contribution in [0.5, 0.6) is 5.75 Å². The Balaban J connectivity index is 1.57. The van der Waals surface area contributed by atoms with E-state index >= 15 is 0 Å². The first-order valence-corrected chi connectivity index (χ1v) is 9.75. The van der Waals surface area contributed by atoms with Crippen LogP contribution in [-0.4, -0.2) is 43.2 Å². The lowest BCUT2D eigenvalue weighted by molar-refractivity contribution is -0.139. The highest BCUT2D eigenvalue weighted by Gasteiger charge is 2.28. The minimum Gasteiger partial charge on any atom is -0.506 e. The van der Waals surface area contributed by atoms with Crippen molar-refractivity contribution in [1.29, 1.82) is 0 Å². The van der Waals surface area contributed by atoms with Gasteiger partial charge in [-0.25, -0.2) is 4.79 Å². The second kappa shape index (κ2) is 9.78. The number of carbonyl (C=O) groups excluding carboxylic acids is 3. The molecule has 158 valence electrons. The van der Waals surface area contributed by atoms with Gasteiger partial charge in [0.05, 0.1) is 25.8 Å². The molecule has 0 heterocycles. The van der Waals surface area contributed by atoms with Gasteiger partial charge in [0.15, 0.2) is 0 Å². The Bertz CT molecular complexity index is 926. The van der Waals surface area contributed by atoms with E-state index in [1.807, 2.05) is 0 Å². The summed E-state index contributed by atoms with van der Waals surface area (Å²) in [5, 5.41) is 15.3. The molecule has 0 atom stereocenters. The predicted octanol–water partition coefficient (Wildman–Crippen LogP) is 2.67. The molecule has 30 heavy (non-hydrogen) atoms. The first kappa shape index (κ1) is 21.2. The lowest BCUT2D eigenvalue weighted by Gasteiger charge is -2.24. The summed E-state index contributed by atoms with van der Waals surface area (Å²) in [5.74, 6) is -0.238. The maximum atomic E-state index is 12.7. The molecule has 3 rings (SSSR count). The Hall–Kier alpha value is -3.55. The zero-order chi connectivity index (χ0) is 21.5. The minimum atomic E-state index is -0.540. The summed E-state index contributed by atoms with van der Waals surface area (Å²) in [6.07, 6.45) is 2.20. The van der Waals surface area contributed by atoms with Crippen LogP contribution in [0.4, 0.5) is 16.2 Å². The number of anilines is 2. The molecule has 1 aliphatic rings. The number of aromatic hydroxyl groups is 1. The number of urea groups is 1. The van der Waals surface area contributed by atoms with E-state index in [0.717, 1.165) is 12.8 Å². The largest absolute Gasteiger partial charge is 0.506 e. The fourth-order valence-corrected chi connectivity index (χ4v) is 3.01. The second-order valence-corrected chi connectivity index (χ2v) is 7.20. The Morgan fingerprint density at radius 1 is 1.13 bits per heavy atom. The predicted molar refractivity (Wildman–Crippen MR) is 112 cm³/mol. The molecule has 1 aliphatic carbocycles. The molecular weight excluding hydrogens is 386 g/mol. The Morgan fingerprint density at radius 3 is 2.60 bits per heavy atom. The number of phenolic OH excluding ortho intramolecular Hbond substituents is 1. The topological polar surface area (TPSA) is 108 Å². The third kappa shape index (κ3) is 5.97. The van der Waals surface area contributed by atoms with Crippen molar-refractivity contribution >= 4 is 29.3 Å². The van der Waals surface area contributed by atoms with Gasteiger partial charge in [-0.15, -0.1) is 0 Å². The summed E-state index contributed by atoms with van der Waals surface area (Å²) in [6, 6.07) is 12.9. The van der Waals surface area contributed by atoms with E-state index in [9.17, 15) is 19.5 Å². The van der Waals surface area contributed by atoms with Crippen LogP contribution in [-0.2, 0) is 20.7 Å². The fourth-order valence-electron chi connectivity index (χ4n) is 3.01. The van der Waals surface area contributed by atoms with E-state index in [2.05, 4.69) is 15.4 Å². The monoisotopic (exact) mass is 411 g/mol. The molecule has 3 amide bonds. The van der Waals surface area contributed by atoms with Crippen LogP contribution >= 0.6 is 0 Å². The highest BCUT2D eigenvalue weighted by Crippen LogP contribution is 2.34. The Labute approximate surface area is 174 Å². The molecule has 2 aromatic rings. The lowest BCUT2D eigenvalue weighted by atomic mass is 10.1. The molecule has 0 bridgehead atoms. The molecule has 3 N–H and O–H groups in total. The number of esters is 1. The molecule has 0 saturated heterocycles. The zero-order valence-corrected chi connectivity index (χ0v) is 16.8. The number of phenols is 1. The maximum Gasteiger partial charge on any atom is 0.319 e. The van der Waals surface area contributed by atoms with Gasteiger partial charge in [-0.1, -0.05) is 24.3 Å². The molecule has 0 aliphatic heterocycles. The first-order chi connectivity index (χ1) is 14.5. The summed E-state index contributed by atoms with van der Waals surface area (Å²) in [7, 11) is 1.32. The number of methoxy groups -OCH3 is 1. The van der Waals surface area contributed by atoms with E-state index in [4.69, 9.17) is 0 Å². The van der Waals surface area contributed by atoms with Crippen molar-refractivity contribution in [3.8, 4) is 5.75 Å². The number of ether oxygens (including phenoxy) is 1. The number of rotatable bonds is 8. The van der Waals surface area contributed by atoms with Gasteiger partial charge >= 0.3 is 12.0 Å². The summed E-state index contributed by atoms with van der Waals surface area (Å²) < 4.78 is 4.64. The maximum absolute atomic E-state index is 12.7. The van der Waals surface area contributed by atoms with E-state index in [0.29, 0.717) is 29.4 Å². The normalized spacial score (nSPS) is 12.7. The van der Waals surface area contributed by atoms with Crippen molar-refractivity contribution in [3.05, 3.63) is 54.1 Å². The van der Waals surface area contributed by atoms with Crippen LogP contribution in [0.1, 0.15) is 18.4 Å². The van der Waals surface area contributed by atoms with Crippen molar-refractivity contribution in [2.24, 2.45) is 5.92 Å². The summed E-state index contributed by atoms with van der Waals surface area (Å²) in [6.45, 7) is 0.296. The highest BCUT2D eigenvalue weighted by atomic mass is 16.5. The van der Waals surface area contributed by atoms with Gasteiger partial charge in [0.2, 0.25) is 5.91 Å². The summed E-state index contributed by atoms with van der Waals surface area (Å²) in [4.78, 5) is 37.9. The van der Waals surface area contributed by atoms with Crippen LogP contribution in [0.15, 0.2) is 48.5 Å². The standard InChI is InChI=1S/C22H25N3O5/c1-30-21(28)12-16-5-4-6-17(11-16)24-22(29)23-13-20(27)25(14-15-9-10-15)18-7-2-3-8-19(18)26/h2-8,11,15,26H,9-10,12-14H2,1H3,(H2,23,24,29). The average Bonchev–Trinajstić information content (AvgIpc) is 3.55. The van der Waals surface area contributed by atoms with Crippen molar-refractivity contribution in [3.63, 3.8) is 0 Å². The van der Waals surface area contributed by atoms with Crippen LogP contribution in [0, 0.1) is 5.92 Å². The molecule has 0 aromatic heterocycles. The number of nitrogens with one attached hydrogen (secondary N) is 2. The quantitative estimate of drug-likeness (QED) is 0.579. The molecule has 2 aromatic carbocycles. The third-order valence-corrected chi connectivity index (χ3v) is 4.77. The Morgan fingerprint density at radius 2 is 1.90 bits per heavy atom. The molecule has 1 fully saturated rings. The van der Waals surface area contributed by atoms with Crippen LogP contribution in [0.2, 0.25) is 0 Å². The van der Waals surface area contributed by atoms with Crippen molar-refractivity contribution in [1.82, 2.24) is 5.32 Å². The van der Waals surface area contributed by atoms with Crippen molar-refractivity contribution in [2.75, 3.05) is 30.4 Å². The lowest BCUT2D eigenvalue weighted by Crippen LogP contribution is -2.42. The molecule has 0 radical (unpaired) electrons. The zero-order valence-electron chi connectivity index (χ0n) is 16.8. The fraction of sp³-hybridized carbons (Fsp3) is 0.318. The van der Waals surface area contributed by atoms with E-state index in [1.165, 1.54) is 18.1 Å². The Kier molecular flexibility index (Phi) is 6.90. The molecular formula is C22H25N3O5. The van der Waals surface area contributed by atoms with Gasteiger partial charge in [-0.2, -0.15) is 0 Å². The molecule has 8 nitrogen and oxygen atoms in total. The number of benzene rings is 2. The van der Waals surface area contributed by atoms with Gasteiger partial charge < -0.3 is 25.4 Å². The van der Waals surface area contributed by atoms with Crippen molar-refractivity contribution < 1.29 is 24.2 Å². The molecule has 0 unspecified atom stereocenters.